The Morgan fingerprint density at radius 2 is 1.63 bits per heavy atom. The van der Waals surface area contributed by atoms with E-state index in [-0.39, 0.29) is 0 Å². The molecule has 0 fully saturated rings. The van der Waals surface area contributed by atoms with Gasteiger partial charge in [-0.05, 0) is 42.3 Å². The van der Waals surface area contributed by atoms with Crippen molar-refractivity contribution in [2.45, 2.75) is 70.3 Å². The van der Waals surface area contributed by atoms with Gasteiger partial charge < -0.3 is 14.2 Å². The molecule has 0 saturated heterocycles. The van der Waals surface area contributed by atoms with Crippen LogP contribution in [0.4, 0.5) is 0 Å². The molecule has 1 N–H and O–H groups in total. The van der Waals surface area contributed by atoms with E-state index in [1.54, 1.807) is 0 Å². The molecule has 0 aliphatic carbocycles. The number of aliphatic hydroxyl groups excluding tert-OH is 1. The standard InChI is InChI=1S/C22H36N3O4P/c1-4-5-6-7-8-9-10-20-11-13-21(14-12-20)15-16-22(19-26,24-25-23)17-18-30(27,28-2)29-3/h11-14,17-18,26H,4-10,15-16,19H2,1-3H3/b18-17+/t22-/m0/s1. The fourth-order valence-corrected chi connectivity index (χ4v) is 4.04. The Hall–Kier alpha value is -1.62. The first-order chi connectivity index (χ1) is 14.5. The normalized spacial score (nSPS) is 13.9. The highest BCUT2D eigenvalue weighted by Crippen LogP contribution is 2.48. The molecule has 30 heavy (non-hydrogen) atoms. The average molecular weight is 438 g/mol. The molecule has 1 rings (SSSR count). The highest BCUT2D eigenvalue weighted by atomic mass is 31.2. The summed E-state index contributed by atoms with van der Waals surface area (Å²) in [6.07, 6.45) is 11.2. The van der Waals surface area contributed by atoms with Gasteiger partial charge in [-0.3, -0.25) is 4.57 Å². The van der Waals surface area contributed by atoms with Gasteiger partial charge in [0.1, 0.15) is 0 Å². The molecule has 1 aromatic carbocycles. The zero-order valence-electron chi connectivity index (χ0n) is 18.5. The molecule has 0 spiro atoms. The third kappa shape index (κ3) is 9.46. The molecule has 1 atom stereocenters. The van der Waals surface area contributed by atoms with Crippen LogP contribution in [0.5, 0.6) is 0 Å². The van der Waals surface area contributed by atoms with Gasteiger partial charge in [-0.25, -0.2) is 0 Å². The van der Waals surface area contributed by atoms with Gasteiger partial charge in [0.15, 0.2) is 0 Å². The summed E-state index contributed by atoms with van der Waals surface area (Å²) in [5, 5.41) is 13.6. The first kappa shape index (κ1) is 26.4. The van der Waals surface area contributed by atoms with Crippen LogP contribution in [0.2, 0.25) is 0 Å². The van der Waals surface area contributed by atoms with Crippen molar-refractivity contribution in [3.8, 4) is 0 Å². The lowest BCUT2D eigenvalue weighted by molar-refractivity contribution is 0.219. The number of hydrogen-bond acceptors (Lipinski definition) is 5. The van der Waals surface area contributed by atoms with Gasteiger partial charge in [0.2, 0.25) is 0 Å². The molecule has 0 aromatic heterocycles. The van der Waals surface area contributed by atoms with Gasteiger partial charge in [0.25, 0.3) is 0 Å². The van der Waals surface area contributed by atoms with Crippen molar-refractivity contribution in [1.82, 2.24) is 0 Å². The van der Waals surface area contributed by atoms with E-state index in [4.69, 9.17) is 14.6 Å². The van der Waals surface area contributed by atoms with Crippen molar-refractivity contribution in [2.75, 3.05) is 20.8 Å². The molecule has 0 saturated carbocycles. The van der Waals surface area contributed by atoms with Crippen LogP contribution in [0, 0.1) is 0 Å². The first-order valence-corrected chi connectivity index (χ1v) is 12.2. The Morgan fingerprint density at radius 1 is 1.07 bits per heavy atom. The van der Waals surface area contributed by atoms with Crippen molar-refractivity contribution in [1.29, 1.82) is 0 Å². The minimum atomic E-state index is -3.41. The second-order valence-electron chi connectivity index (χ2n) is 7.51. The molecule has 168 valence electrons. The molecule has 1 aromatic rings. The van der Waals surface area contributed by atoms with Crippen molar-refractivity contribution >= 4 is 7.60 Å². The number of rotatable bonds is 16. The monoisotopic (exact) mass is 437 g/mol. The second-order valence-corrected chi connectivity index (χ2v) is 9.61. The molecule has 0 aliphatic rings. The lowest BCUT2D eigenvalue weighted by Crippen LogP contribution is -2.28. The van der Waals surface area contributed by atoms with Crippen LogP contribution in [0.25, 0.3) is 10.4 Å². The van der Waals surface area contributed by atoms with E-state index in [2.05, 4.69) is 41.2 Å². The molecule has 7 nitrogen and oxygen atoms in total. The maximum Gasteiger partial charge on any atom is 0.353 e. The maximum atomic E-state index is 12.2. The highest BCUT2D eigenvalue weighted by Gasteiger charge is 2.27. The topological polar surface area (TPSA) is 105 Å². The number of nitrogens with zero attached hydrogens (tertiary/aromatic N) is 3. The fraction of sp³-hybridized carbons (Fsp3) is 0.636. The van der Waals surface area contributed by atoms with Crippen LogP contribution >= 0.6 is 7.60 Å². The number of azide groups is 1. The third-order valence-electron chi connectivity index (χ3n) is 5.28. The summed E-state index contributed by atoms with van der Waals surface area (Å²) in [6.45, 7) is 1.82. The maximum absolute atomic E-state index is 12.2. The van der Waals surface area contributed by atoms with E-state index in [0.29, 0.717) is 12.8 Å². The van der Waals surface area contributed by atoms with Gasteiger partial charge in [0, 0.05) is 24.9 Å². The quantitative estimate of drug-likeness (QED) is 0.104. The smallest absolute Gasteiger partial charge is 0.353 e. The molecule has 0 unspecified atom stereocenters. The molecular weight excluding hydrogens is 401 g/mol. The molecule has 8 heteroatoms. The van der Waals surface area contributed by atoms with Crippen molar-refractivity contribution in [2.24, 2.45) is 5.11 Å². The molecule has 0 radical (unpaired) electrons. The van der Waals surface area contributed by atoms with Crippen LogP contribution < -0.4 is 0 Å². The summed E-state index contributed by atoms with van der Waals surface area (Å²) in [4.78, 5) is 2.86. The zero-order valence-corrected chi connectivity index (χ0v) is 19.4. The number of hydrogen-bond donors (Lipinski definition) is 1. The average Bonchev–Trinajstić information content (AvgIpc) is 2.78. The summed E-state index contributed by atoms with van der Waals surface area (Å²) < 4.78 is 22.0. The van der Waals surface area contributed by atoms with Crippen molar-refractivity contribution in [3.63, 3.8) is 0 Å². The number of aryl methyl sites for hydroxylation is 2. The number of unbranched alkanes of at least 4 members (excludes halogenated alkanes) is 5. The van der Waals surface area contributed by atoms with E-state index in [0.717, 1.165) is 12.0 Å². The zero-order chi connectivity index (χ0) is 22.3. The summed E-state index contributed by atoms with van der Waals surface area (Å²) in [5.74, 6) is 1.24. The van der Waals surface area contributed by atoms with Gasteiger partial charge in [-0.1, -0.05) is 74.5 Å². The molecule has 0 amide bonds. The van der Waals surface area contributed by atoms with E-state index >= 15 is 0 Å². The second kappa shape index (κ2) is 14.4. The lowest BCUT2D eigenvalue weighted by atomic mass is 9.92. The predicted octanol–water partition coefficient (Wildman–Crippen LogP) is 6.56. The van der Waals surface area contributed by atoms with Gasteiger partial charge >= 0.3 is 7.60 Å². The van der Waals surface area contributed by atoms with Crippen molar-refractivity contribution in [3.05, 3.63) is 57.7 Å². The third-order valence-corrected chi connectivity index (χ3v) is 6.81. The van der Waals surface area contributed by atoms with E-state index in [1.807, 2.05) is 0 Å². The minimum absolute atomic E-state index is 0.369. The number of benzene rings is 1. The minimum Gasteiger partial charge on any atom is -0.395 e. The summed E-state index contributed by atoms with van der Waals surface area (Å²) in [6, 6.07) is 8.41. The highest BCUT2D eigenvalue weighted by molar-refractivity contribution is 7.57. The van der Waals surface area contributed by atoms with Crippen LogP contribution in [0.3, 0.4) is 0 Å². The molecule has 0 heterocycles. The molecule has 0 bridgehead atoms. The van der Waals surface area contributed by atoms with E-state index in [9.17, 15) is 9.67 Å². The molecule has 0 aliphatic heterocycles. The van der Waals surface area contributed by atoms with Gasteiger partial charge in [-0.15, -0.1) is 0 Å². The Morgan fingerprint density at radius 3 is 2.17 bits per heavy atom. The Labute approximate surface area is 180 Å². The summed E-state index contributed by atoms with van der Waals surface area (Å²) in [7, 11) is -0.865. The van der Waals surface area contributed by atoms with Gasteiger partial charge in [0.05, 0.1) is 12.1 Å². The van der Waals surface area contributed by atoms with Crippen LogP contribution in [0.15, 0.2) is 41.3 Å². The van der Waals surface area contributed by atoms with Gasteiger partial charge in [-0.2, -0.15) is 0 Å². The van der Waals surface area contributed by atoms with Crippen LogP contribution in [0.1, 0.15) is 63.0 Å². The Bertz CT molecular complexity index is 724. The Kier molecular flexibility index (Phi) is 12.7. The summed E-state index contributed by atoms with van der Waals surface area (Å²) in [5.41, 5.74) is 10.1. The van der Waals surface area contributed by atoms with E-state index < -0.39 is 19.7 Å². The lowest BCUT2D eigenvalue weighted by Gasteiger charge is -2.23. The fourth-order valence-electron chi connectivity index (χ4n) is 3.19. The first-order valence-electron chi connectivity index (χ1n) is 10.6. The van der Waals surface area contributed by atoms with Crippen LogP contribution in [-0.2, 0) is 26.5 Å². The van der Waals surface area contributed by atoms with Crippen LogP contribution in [-0.4, -0.2) is 31.5 Å². The Balaban J connectivity index is 2.68. The molecular formula is C22H36N3O4P. The number of aliphatic hydroxyl groups is 1. The van der Waals surface area contributed by atoms with Crippen molar-refractivity contribution < 1.29 is 18.7 Å². The summed E-state index contributed by atoms with van der Waals surface area (Å²) >= 11 is 0. The predicted molar refractivity (Wildman–Crippen MR) is 122 cm³/mol. The SMILES string of the molecule is CCCCCCCCc1ccc(CC[C@](/C=C/P(=O)(OC)OC)(CO)N=[N+]=[N-])cc1. The van der Waals surface area contributed by atoms with E-state index in [1.165, 1.54) is 70.2 Å². The largest absolute Gasteiger partial charge is 0.395 e.